The average Bonchev–Trinajstić information content (AvgIpc) is 3.38. The largest absolute Gasteiger partial charge is 0.394 e. The summed E-state index contributed by atoms with van der Waals surface area (Å²) in [5, 5.41) is 37.6. The van der Waals surface area contributed by atoms with E-state index in [1.165, 1.54) is 11.9 Å². The second-order valence-corrected chi connectivity index (χ2v) is 7.49. The molecule has 3 aromatic rings. The first kappa shape index (κ1) is 20.7. The van der Waals surface area contributed by atoms with Gasteiger partial charge in [0.1, 0.15) is 18.3 Å². The average molecular weight is 417 g/mol. The quantitative estimate of drug-likeness (QED) is 0.443. The predicted octanol–water partition coefficient (Wildman–Crippen LogP) is 0.235. The molecular weight excluding hydrogens is 390 g/mol. The van der Waals surface area contributed by atoms with Crippen molar-refractivity contribution in [3.05, 3.63) is 23.3 Å². The minimum absolute atomic E-state index is 0.364. The molecule has 11 nitrogen and oxygen atoms in total. The Morgan fingerprint density at radius 2 is 1.97 bits per heavy atom. The molecule has 0 spiro atoms. The summed E-state index contributed by atoms with van der Waals surface area (Å²) in [6, 6.07) is 0. The number of nitrogens with zero attached hydrogens (tertiary/aromatic N) is 6. The second kappa shape index (κ2) is 7.91. The molecular formula is C19H27N7O4. The smallest absolute Gasteiger partial charge is 0.254 e. The zero-order chi connectivity index (χ0) is 21.6. The van der Waals surface area contributed by atoms with E-state index in [2.05, 4.69) is 32.3 Å². The SMILES string of the molecule is CCCc1c(C)nn(-c2nc(NC)c3ncn([C@@H]4O[C@H](CO)[C@@H](O)[C@H]4O)c3n2)c1C. The summed E-state index contributed by atoms with van der Waals surface area (Å²) >= 11 is 0. The van der Waals surface area contributed by atoms with Gasteiger partial charge in [-0.15, -0.1) is 0 Å². The lowest BCUT2D eigenvalue weighted by Gasteiger charge is -2.17. The first-order chi connectivity index (χ1) is 14.4. The molecule has 4 N–H and O–H groups in total. The number of aromatic nitrogens is 6. The molecule has 162 valence electrons. The molecule has 0 amide bonds. The summed E-state index contributed by atoms with van der Waals surface area (Å²) in [4.78, 5) is 13.6. The summed E-state index contributed by atoms with van der Waals surface area (Å²) in [6.07, 6.45) is -0.873. The van der Waals surface area contributed by atoms with Crippen LogP contribution in [0.5, 0.6) is 0 Å². The first-order valence-corrected chi connectivity index (χ1v) is 10.0. The Bertz CT molecular complexity index is 1060. The highest BCUT2D eigenvalue weighted by molar-refractivity contribution is 5.83. The number of aliphatic hydroxyl groups excluding tert-OH is 3. The number of aryl methyl sites for hydroxylation is 1. The predicted molar refractivity (Wildman–Crippen MR) is 108 cm³/mol. The maximum atomic E-state index is 10.4. The molecule has 0 aliphatic carbocycles. The Morgan fingerprint density at radius 1 is 1.20 bits per heavy atom. The van der Waals surface area contributed by atoms with Crippen molar-refractivity contribution in [2.24, 2.45) is 0 Å². The van der Waals surface area contributed by atoms with Crippen molar-refractivity contribution in [1.29, 1.82) is 0 Å². The van der Waals surface area contributed by atoms with Crippen LogP contribution in [0.2, 0.25) is 0 Å². The number of anilines is 1. The number of rotatable bonds is 6. The lowest BCUT2D eigenvalue weighted by Crippen LogP contribution is -2.33. The van der Waals surface area contributed by atoms with E-state index in [-0.39, 0.29) is 0 Å². The Balaban J connectivity index is 1.85. The molecule has 1 fully saturated rings. The Labute approximate surface area is 173 Å². The zero-order valence-electron chi connectivity index (χ0n) is 17.4. The van der Waals surface area contributed by atoms with Crippen LogP contribution in [0.4, 0.5) is 5.82 Å². The van der Waals surface area contributed by atoms with Gasteiger partial charge in [-0.2, -0.15) is 15.1 Å². The van der Waals surface area contributed by atoms with Gasteiger partial charge in [0.05, 0.1) is 18.6 Å². The molecule has 11 heteroatoms. The van der Waals surface area contributed by atoms with Gasteiger partial charge in [0.15, 0.2) is 23.2 Å². The highest BCUT2D eigenvalue weighted by Gasteiger charge is 2.44. The molecule has 4 atom stereocenters. The van der Waals surface area contributed by atoms with Crippen LogP contribution in [0.15, 0.2) is 6.33 Å². The first-order valence-electron chi connectivity index (χ1n) is 10.0. The van der Waals surface area contributed by atoms with Gasteiger partial charge in [0.25, 0.3) is 5.95 Å². The molecule has 30 heavy (non-hydrogen) atoms. The van der Waals surface area contributed by atoms with Crippen LogP contribution in [-0.2, 0) is 11.2 Å². The van der Waals surface area contributed by atoms with Gasteiger partial charge in [0.2, 0.25) is 0 Å². The maximum Gasteiger partial charge on any atom is 0.254 e. The number of hydrogen-bond acceptors (Lipinski definition) is 9. The van der Waals surface area contributed by atoms with E-state index in [1.54, 1.807) is 16.3 Å². The molecule has 0 bridgehead atoms. The van der Waals surface area contributed by atoms with E-state index in [9.17, 15) is 15.3 Å². The molecule has 3 aromatic heterocycles. The molecule has 0 radical (unpaired) electrons. The number of aliphatic hydroxyl groups is 3. The number of fused-ring (bicyclic) bond motifs is 1. The fourth-order valence-electron chi connectivity index (χ4n) is 3.95. The highest BCUT2D eigenvalue weighted by Crippen LogP contribution is 2.32. The van der Waals surface area contributed by atoms with Crippen LogP contribution in [0, 0.1) is 13.8 Å². The van der Waals surface area contributed by atoms with Crippen LogP contribution in [0.1, 0.15) is 36.5 Å². The van der Waals surface area contributed by atoms with Crippen LogP contribution in [0.3, 0.4) is 0 Å². The Hall–Kier alpha value is -2.60. The van der Waals surface area contributed by atoms with Crippen LogP contribution in [-0.4, -0.2) is 76.6 Å². The van der Waals surface area contributed by atoms with E-state index >= 15 is 0 Å². The molecule has 4 rings (SSSR count). The molecule has 4 heterocycles. The monoisotopic (exact) mass is 417 g/mol. The van der Waals surface area contributed by atoms with Gasteiger partial charge in [-0.1, -0.05) is 13.3 Å². The molecule has 1 aliphatic heterocycles. The summed E-state index contributed by atoms with van der Waals surface area (Å²) in [6.45, 7) is 5.67. The molecule has 0 aromatic carbocycles. The van der Waals surface area contributed by atoms with Crippen molar-refractivity contribution in [2.45, 2.75) is 58.2 Å². The minimum atomic E-state index is -1.24. The van der Waals surface area contributed by atoms with Crippen molar-refractivity contribution in [2.75, 3.05) is 19.0 Å². The van der Waals surface area contributed by atoms with Crippen molar-refractivity contribution in [1.82, 2.24) is 29.3 Å². The number of ether oxygens (including phenoxy) is 1. The lowest BCUT2D eigenvalue weighted by atomic mass is 10.1. The summed E-state index contributed by atoms with van der Waals surface area (Å²) < 4.78 is 8.90. The van der Waals surface area contributed by atoms with Gasteiger partial charge in [-0.3, -0.25) is 4.57 Å². The van der Waals surface area contributed by atoms with Crippen molar-refractivity contribution in [3.63, 3.8) is 0 Å². The standard InChI is InChI=1S/C19H27N7O4/c1-5-6-11-9(2)24-26(10(11)3)19-22-16(20-4)13-17(23-19)25(8-21-13)18-15(29)14(28)12(7-27)30-18/h8,12,14-15,18,27-29H,5-7H2,1-4H3,(H,20,22,23)/t12-,14-,15-,18-/m1/s1. The fourth-order valence-corrected chi connectivity index (χ4v) is 3.95. The number of nitrogens with one attached hydrogen (secondary N) is 1. The molecule has 0 unspecified atom stereocenters. The number of imidazole rings is 1. The topological polar surface area (TPSA) is 143 Å². The van der Waals surface area contributed by atoms with Crippen molar-refractivity contribution >= 4 is 17.0 Å². The minimum Gasteiger partial charge on any atom is -0.394 e. The third-order valence-corrected chi connectivity index (χ3v) is 5.57. The van der Waals surface area contributed by atoms with Gasteiger partial charge >= 0.3 is 0 Å². The van der Waals surface area contributed by atoms with E-state index in [1.807, 2.05) is 13.8 Å². The third kappa shape index (κ3) is 3.14. The van der Waals surface area contributed by atoms with Crippen LogP contribution >= 0.6 is 0 Å². The fraction of sp³-hybridized carbons (Fsp3) is 0.579. The van der Waals surface area contributed by atoms with Crippen molar-refractivity contribution < 1.29 is 20.1 Å². The highest BCUT2D eigenvalue weighted by atomic mass is 16.6. The van der Waals surface area contributed by atoms with Gasteiger partial charge in [-0.05, 0) is 25.8 Å². The normalized spacial score (nSPS) is 24.1. The molecule has 1 saturated heterocycles. The van der Waals surface area contributed by atoms with E-state index in [0.29, 0.717) is 22.9 Å². The van der Waals surface area contributed by atoms with E-state index < -0.39 is 31.1 Å². The molecule has 0 saturated carbocycles. The zero-order valence-corrected chi connectivity index (χ0v) is 17.4. The lowest BCUT2D eigenvalue weighted by molar-refractivity contribution is -0.0511. The summed E-state index contributed by atoms with van der Waals surface area (Å²) in [5.41, 5.74) is 3.98. The van der Waals surface area contributed by atoms with E-state index in [0.717, 1.165) is 24.2 Å². The number of hydrogen-bond donors (Lipinski definition) is 4. The molecule has 1 aliphatic rings. The maximum absolute atomic E-state index is 10.4. The second-order valence-electron chi connectivity index (χ2n) is 7.49. The van der Waals surface area contributed by atoms with Crippen LogP contribution in [0.25, 0.3) is 17.1 Å². The Morgan fingerprint density at radius 3 is 2.60 bits per heavy atom. The summed E-state index contributed by atoms with van der Waals surface area (Å²) in [5.74, 6) is 0.869. The van der Waals surface area contributed by atoms with Crippen molar-refractivity contribution in [3.8, 4) is 5.95 Å². The van der Waals surface area contributed by atoms with E-state index in [4.69, 9.17) is 4.74 Å². The van der Waals surface area contributed by atoms with Gasteiger partial charge in [-0.25, -0.2) is 9.67 Å². The Kier molecular flexibility index (Phi) is 5.45. The summed E-state index contributed by atoms with van der Waals surface area (Å²) in [7, 11) is 1.74. The van der Waals surface area contributed by atoms with Gasteiger partial charge in [0, 0.05) is 12.7 Å². The van der Waals surface area contributed by atoms with Gasteiger partial charge < -0.3 is 25.4 Å². The third-order valence-electron chi connectivity index (χ3n) is 5.57. The van der Waals surface area contributed by atoms with Crippen LogP contribution < -0.4 is 5.32 Å².